The fraction of sp³-hybridized carbons (Fsp3) is 0.842. The summed E-state index contributed by atoms with van der Waals surface area (Å²) in [7, 11) is 1.47. The number of ether oxygens (including phenoxy) is 1. The summed E-state index contributed by atoms with van der Waals surface area (Å²) in [6.45, 7) is 13.4. The first-order valence-corrected chi connectivity index (χ1v) is 9.70. The Balaban J connectivity index is 2.70. The number of carbonyl (C=O) groups is 3. The molecule has 1 aliphatic heterocycles. The summed E-state index contributed by atoms with van der Waals surface area (Å²) in [4.78, 5) is 39.9. The monoisotopic (exact) mass is 384 g/mol. The van der Waals surface area contributed by atoms with Crippen LogP contribution in [0.1, 0.15) is 54.4 Å². The van der Waals surface area contributed by atoms with Gasteiger partial charge in [0.25, 0.3) is 0 Å². The maximum atomic E-state index is 12.5. The second kappa shape index (κ2) is 9.92. The van der Waals surface area contributed by atoms with E-state index in [1.807, 2.05) is 34.6 Å². The highest BCUT2D eigenvalue weighted by molar-refractivity contribution is 5.96. The van der Waals surface area contributed by atoms with Crippen molar-refractivity contribution in [1.82, 2.24) is 20.4 Å². The molecular weight excluding hydrogens is 348 g/mol. The van der Waals surface area contributed by atoms with Gasteiger partial charge in [0, 0.05) is 26.2 Å². The Morgan fingerprint density at radius 2 is 1.85 bits per heavy atom. The molecule has 1 heterocycles. The van der Waals surface area contributed by atoms with Crippen molar-refractivity contribution < 1.29 is 19.1 Å². The van der Waals surface area contributed by atoms with Crippen LogP contribution in [0.25, 0.3) is 0 Å². The van der Waals surface area contributed by atoms with Gasteiger partial charge in [0.05, 0.1) is 6.04 Å². The van der Waals surface area contributed by atoms with Gasteiger partial charge in [-0.2, -0.15) is 0 Å². The second-order valence-corrected chi connectivity index (χ2v) is 8.47. The molecule has 0 aliphatic carbocycles. The number of rotatable bonds is 5. The third kappa shape index (κ3) is 7.74. The Morgan fingerprint density at radius 1 is 1.22 bits per heavy atom. The Kier molecular flexibility index (Phi) is 8.53. The quantitative estimate of drug-likeness (QED) is 0.758. The molecule has 27 heavy (non-hydrogen) atoms. The van der Waals surface area contributed by atoms with Crippen molar-refractivity contribution in [2.24, 2.45) is 5.92 Å². The fourth-order valence-corrected chi connectivity index (χ4v) is 3.14. The molecule has 0 aromatic heterocycles. The summed E-state index contributed by atoms with van der Waals surface area (Å²) >= 11 is 0. The van der Waals surface area contributed by atoms with Gasteiger partial charge in [-0.25, -0.2) is 9.59 Å². The van der Waals surface area contributed by atoms with Gasteiger partial charge in [0.2, 0.25) is 5.91 Å². The lowest BCUT2D eigenvalue weighted by molar-refractivity contribution is -0.125. The van der Waals surface area contributed by atoms with Crippen molar-refractivity contribution in [2.45, 2.75) is 72.1 Å². The number of nitrogens with one attached hydrogen (secondary N) is 2. The molecule has 2 N–H and O–H groups in total. The maximum absolute atomic E-state index is 12.5. The zero-order chi connectivity index (χ0) is 20.8. The number of imide groups is 1. The van der Waals surface area contributed by atoms with Crippen LogP contribution in [0.2, 0.25) is 0 Å². The molecule has 2 unspecified atom stereocenters. The summed E-state index contributed by atoms with van der Waals surface area (Å²) in [5.41, 5.74) is -0.532. The van der Waals surface area contributed by atoms with Crippen LogP contribution in [0.5, 0.6) is 0 Å². The highest BCUT2D eigenvalue weighted by atomic mass is 16.6. The lowest BCUT2D eigenvalue weighted by atomic mass is 9.95. The van der Waals surface area contributed by atoms with Gasteiger partial charge in [0.1, 0.15) is 5.60 Å². The summed E-state index contributed by atoms with van der Waals surface area (Å²) in [6, 6.07) is -0.875. The first kappa shape index (κ1) is 23.2. The maximum Gasteiger partial charge on any atom is 0.410 e. The molecule has 156 valence electrons. The summed E-state index contributed by atoms with van der Waals surface area (Å²) < 4.78 is 5.54. The molecule has 1 rings (SSSR count). The molecule has 4 amide bonds. The van der Waals surface area contributed by atoms with Crippen molar-refractivity contribution in [3.05, 3.63) is 0 Å². The molecule has 1 fully saturated rings. The van der Waals surface area contributed by atoms with Crippen LogP contribution in [0.15, 0.2) is 0 Å². The largest absolute Gasteiger partial charge is 0.444 e. The average Bonchev–Trinajstić information content (AvgIpc) is 2.57. The molecule has 8 heteroatoms. The van der Waals surface area contributed by atoms with E-state index in [-0.39, 0.29) is 24.0 Å². The SMILES string of the molecule is CNC(=O)NC(=O)C(C)N1CCCC(CN(C(=O)OC(C)(C)C)C(C)C)C1. The van der Waals surface area contributed by atoms with E-state index < -0.39 is 17.7 Å². The smallest absolute Gasteiger partial charge is 0.410 e. The summed E-state index contributed by atoms with van der Waals surface area (Å²) in [5.74, 6) is -0.0632. The number of amides is 4. The number of urea groups is 1. The number of piperidine rings is 1. The van der Waals surface area contributed by atoms with Gasteiger partial charge in [-0.05, 0) is 66.8 Å². The molecule has 0 aromatic carbocycles. The number of likely N-dealkylation sites (tertiary alicyclic amines) is 1. The Morgan fingerprint density at radius 3 is 2.37 bits per heavy atom. The Labute approximate surface area is 163 Å². The number of hydrogen-bond donors (Lipinski definition) is 2. The van der Waals surface area contributed by atoms with Crippen molar-refractivity contribution >= 4 is 18.0 Å². The minimum atomic E-state index is -0.532. The van der Waals surface area contributed by atoms with E-state index >= 15 is 0 Å². The molecule has 2 atom stereocenters. The second-order valence-electron chi connectivity index (χ2n) is 8.47. The molecule has 1 saturated heterocycles. The summed E-state index contributed by atoms with van der Waals surface area (Å²) in [5, 5.41) is 4.71. The molecule has 0 bridgehead atoms. The molecule has 8 nitrogen and oxygen atoms in total. The van der Waals surface area contributed by atoms with Crippen LogP contribution in [-0.4, -0.2) is 72.2 Å². The number of hydrogen-bond acceptors (Lipinski definition) is 5. The third-order valence-electron chi connectivity index (χ3n) is 4.65. The van der Waals surface area contributed by atoms with Crippen molar-refractivity contribution in [3.63, 3.8) is 0 Å². The van der Waals surface area contributed by atoms with Crippen LogP contribution in [0.3, 0.4) is 0 Å². The van der Waals surface area contributed by atoms with E-state index in [0.717, 1.165) is 19.4 Å². The van der Waals surface area contributed by atoms with E-state index in [2.05, 4.69) is 15.5 Å². The van der Waals surface area contributed by atoms with Crippen LogP contribution >= 0.6 is 0 Å². The van der Waals surface area contributed by atoms with E-state index in [9.17, 15) is 14.4 Å². The normalized spacial score (nSPS) is 19.3. The molecule has 0 spiro atoms. The van der Waals surface area contributed by atoms with Crippen LogP contribution < -0.4 is 10.6 Å². The third-order valence-corrected chi connectivity index (χ3v) is 4.65. The highest BCUT2D eigenvalue weighted by Crippen LogP contribution is 2.22. The minimum Gasteiger partial charge on any atom is -0.444 e. The van der Waals surface area contributed by atoms with E-state index in [1.54, 1.807) is 11.8 Å². The van der Waals surface area contributed by atoms with Crippen LogP contribution in [-0.2, 0) is 9.53 Å². The Bertz CT molecular complexity index is 530. The van der Waals surface area contributed by atoms with Gasteiger partial charge in [-0.15, -0.1) is 0 Å². The topological polar surface area (TPSA) is 91.0 Å². The van der Waals surface area contributed by atoms with Crippen LogP contribution in [0.4, 0.5) is 9.59 Å². The Hall–Kier alpha value is -1.83. The molecule has 0 saturated carbocycles. The first-order chi connectivity index (χ1) is 12.4. The molecule has 0 aromatic rings. The van der Waals surface area contributed by atoms with Gasteiger partial charge in [0.15, 0.2) is 0 Å². The summed E-state index contributed by atoms with van der Waals surface area (Å²) in [6.07, 6.45) is 1.63. The van der Waals surface area contributed by atoms with E-state index in [4.69, 9.17) is 4.74 Å². The van der Waals surface area contributed by atoms with Gasteiger partial charge < -0.3 is 15.0 Å². The predicted molar refractivity (Wildman–Crippen MR) is 104 cm³/mol. The molecule has 0 radical (unpaired) electrons. The average molecular weight is 385 g/mol. The number of nitrogens with zero attached hydrogens (tertiary/aromatic N) is 2. The van der Waals surface area contributed by atoms with E-state index in [0.29, 0.717) is 13.1 Å². The van der Waals surface area contributed by atoms with Gasteiger partial charge >= 0.3 is 12.1 Å². The molecule has 1 aliphatic rings. The predicted octanol–water partition coefficient (Wildman–Crippen LogP) is 2.19. The fourth-order valence-electron chi connectivity index (χ4n) is 3.14. The lowest BCUT2D eigenvalue weighted by Crippen LogP contribution is -2.53. The zero-order valence-electron chi connectivity index (χ0n) is 17.8. The number of carbonyl (C=O) groups excluding carboxylic acids is 3. The highest BCUT2D eigenvalue weighted by Gasteiger charge is 2.32. The zero-order valence-corrected chi connectivity index (χ0v) is 17.8. The van der Waals surface area contributed by atoms with Crippen LogP contribution in [0, 0.1) is 5.92 Å². The lowest BCUT2D eigenvalue weighted by Gasteiger charge is -2.39. The standard InChI is InChI=1S/C19H36N4O4/c1-13(2)23(18(26)27-19(4,5)6)12-15-9-8-10-22(11-15)14(3)16(24)21-17(25)20-7/h13-15H,8-12H2,1-7H3,(H2,20,21,24,25). The molecular formula is C19H36N4O4. The van der Waals surface area contributed by atoms with Crippen molar-refractivity contribution in [3.8, 4) is 0 Å². The van der Waals surface area contributed by atoms with E-state index in [1.165, 1.54) is 7.05 Å². The first-order valence-electron chi connectivity index (χ1n) is 9.70. The van der Waals surface area contributed by atoms with Crippen molar-refractivity contribution in [2.75, 3.05) is 26.7 Å². The van der Waals surface area contributed by atoms with Gasteiger partial charge in [-0.3, -0.25) is 15.0 Å². The van der Waals surface area contributed by atoms with Gasteiger partial charge in [-0.1, -0.05) is 0 Å². The minimum absolute atomic E-state index is 0.0317. The van der Waals surface area contributed by atoms with Crippen molar-refractivity contribution in [1.29, 1.82) is 0 Å².